The van der Waals surface area contributed by atoms with Crippen LogP contribution in [0.15, 0.2) is 47.5 Å². The Kier molecular flexibility index (Phi) is 5.11. The second kappa shape index (κ2) is 7.00. The molecule has 0 aliphatic carbocycles. The highest BCUT2D eigenvalue weighted by molar-refractivity contribution is 7.89. The van der Waals surface area contributed by atoms with Crippen LogP contribution in [-0.2, 0) is 16.4 Å². The quantitative estimate of drug-likeness (QED) is 0.656. The standard InChI is InChI=1S/C18H18Cl2N2O2S/c1-11-7-18(16(20)9-15(11)19)25(23,24)22-12(2)8-13-10-21-17-6-4-3-5-14(13)17/h3-7,9-10,12,21-22H,8H2,1-2H3. The Morgan fingerprint density at radius 2 is 1.88 bits per heavy atom. The maximum atomic E-state index is 12.7. The summed E-state index contributed by atoms with van der Waals surface area (Å²) in [6.45, 7) is 3.57. The second-order valence-electron chi connectivity index (χ2n) is 6.12. The summed E-state index contributed by atoms with van der Waals surface area (Å²) in [7, 11) is -3.74. The van der Waals surface area contributed by atoms with E-state index in [0.29, 0.717) is 17.0 Å². The topological polar surface area (TPSA) is 62.0 Å². The van der Waals surface area contributed by atoms with Gasteiger partial charge in [-0.1, -0.05) is 41.4 Å². The number of H-pyrrole nitrogens is 1. The molecule has 0 saturated heterocycles. The fraction of sp³-hybridized carbons (Fsp3) is 0.222. The number of nitrogens with one attached hydrogen (secondary N) is 2. The smallest absolute Gasteiger partial charge is 0.242 e. The lowest BCUT2D eigenvalue weighted by molar-refractivity contribution is 0.560. The van der Waals surface area contributed by atoms with E-state index in [1.54, 1.807) is 6.92 Å². The fourth-order valence-corrected chi connectivity index (χ4v) is 4.91. The van der Waals surface area contributed by atoms with E-state index in [0.717, 1.165) is 16.5 Å². The van der Waals surface area contributed by atoms with E-state index in [9.17, 15) is 8.42 Å². The molecule has 2 N–H and O–H groups in total. The average molecular weight is 397 g/mol. The average Bonchev–Trinajstić information content (AvgIpc) is 2.93. The molecule has 2 aromatic carbocycles. The molecule has 3 rings (SSSR count). The van der Waals surface area contributed by atoms with E-state index in [1.165, 1.54) is 12.1 Å². The van der Waals surface area contributed by atoms with Crippen molar-refractivity contribution >= 4 is 44.1 Å². The van der Waals surface area contributed by atoms with Crippen LogP contribution in [-0.4, -0.2) is 19.4 Å². The predicted molar refractivity (Wildman–Crippen MR) is 103 cm³/mol. The van der Waals surface area contributed by atoms with E-state index in [-0.39, 0.29) is 16.0 Å². The van der Waals surface area contributed by atoms with E-state index < -0.39 is 10.0 Å². The normalized spacial score (nSPS) is 13.3. The molecular weight excluding hydrogens is 379 g/mol. The number of aromatic nitrogens is 1. The summed E-state index contributed by atoms with van der Waals surface area (Å²) in [5, 5.41) is 1.65. The SMILES string of the molecule is Cc1cc(S(=O)(=O)NC(C)Cc2c[nH]c3ccccc23)c(Cl)cc1Cl. The summed E-state index contributed by atoms with van der Waals surface area (Å²) < 4.78 is 28.0. The third-order valence-corrected chi connectivity index (χ3v) is 6.52. The maximum absolute atomic E-state index is 12.7. The zero-order valence-corrected chi connectivity index (χ0v) is 16.1. The van der Waals surface area contributed by atoms with Gasteiger partial charge in [0, 0.05) is 28.2 Å². The molecule has 1 heterocycles. The van der Waals surface area contributed by atoms with Crippen LogP contribution in [0.3, 0.4) is 0 Å². The molecule has 4 nitrogen and oxygen atoms in total. The van der Waals surface area contributed by atoms with Crippen molar-refractivity contribution in [2.75, 3.05) is 0 Å². The van der Waals surface area contributed by atoms with Gasteiger partial charge < -0.3 is 4.98 Å². The van der Waals surface area contributed by atoms with Gasteiger partial charge in [0.1, 0.15) is 4.90 Å². The summed E-state index contributed by atoms with van der Waals surface area (Å²) in [4.78, 5) is 3.24. The number of fused-ring (bicyclic) bond motifs is 1. The number of hydrogen-bond acceptors (Lipinski definition) is 2. The van der Waals surface area contributed by atoms with Gasteiger partial charge in [0.25, 0.3) is 0 Å². The summed E-state index contributed by atoms with van der Waals surface area (Å²) in [6, 6.07) is 10.6. The van der Waals surface area contributed by atoms with E-state index >= 15 is 0 Å². The summed E-state index contributed by atoms with van der Waals surface area (Å²) >= 11 is 12.1. The Bertz CT molecular complexity index is 1030. The lowest BCUT2D eigenvalue weighted by Crippen LogP contribution is -2.34. The van der Waals surface area contributed by atoms with Crippen LogP contribution in [0.5, 0.6) is 0 Å². The minimum atomic E-state index is -3.74. The number of sulfonamides is 1. The Labute approximate surface area is 157 Å². The van der Waals surface area contributed by atoms with Gasteiger partial charge in [0.15, 0.2) is 0 Å². The highest BCUT2D eigenvalue weighted by Gasteiger charge is 2.22. The summed E-state index contributed by atoms with van der Waals surface area (Å²) in [5.74, 6) is 0. The molecule has 0 radical (unpaired) electrons. The van der Waals surface area contributed by atoms with Crippen LogP contribution in [0.2, 0.25) is 10.0 Å². The van der Waals surface area contributed by atoms with E-state index in [1.807, 2.05) is 37.4 Å². The van der Waals surface area contributed by atoms with Gasteiger partial charge in [0.2, 0.25) is 10.0 Å². The van der Waals surface area contributed by atoms with Crippen LogP contribution in [0.25, 0.3) is 10.9 Å². The third kappa shape index (κ3) is 3.85. The molecule has 0 amide bonds. The number of para-hydroxylation sites is 1. The predicted octanol–water partition coefficient (Wildman–Crippen LogP) is 4.69. The molecule has 0 saturated carbocycles. The largest absolute Gasteiger partial charge is 0.361 e. The Morgan fingerprint density at radius 1 is 1.16 bits per heavy atom. The lowest BCUT2D eigenvalue weighted by atomic mass is 10.1. The van der Waals surface area contributed by atoms with Gasteiger partial charge in [-0.15, -0.1) is 0 Å². The van der Waals surface area contributed by atoms with Crippen molar-refractivity contribution in [1.82, 2.24) is 9.71 Å². The van der Waals surface area contributed by atoms with Crippen molar-refractivity contribution in [3.05, 3.63) is 63.8 Å². The first kappa shape index (κ1) is 18.3. The zero-order valence-electron chi connectivity index (χ0n) is 13.8. The minimum Gasteiger partial charge on any atom is -0.361 e. The van der Waals surface area contributed by atoms with Crippen molar-refractivity contribution in [1.29, 1.82) is 0 Å². The highest BCUT2D eigenvalue weighted by Crippen LogP contribution is 2.28. The number of halogens is 2. The van der Waals surface area contributed by atoms with Crippen LogP contribution in [0.1, 0.15) is 18.1 Å². The summed E-state index contributed by atoms with van der Waals surface area (Å²) in [5.41, 5.74) is 2.75. The molecular formula is C18H18Cl2N2O2S. The van der Waals surface area contributed by atoms with Gasteiger partial charge in [-0.25, -0.2) is 13.1 Å². The van der Waals surface area contributed by atoms with Crippen LogP contribution in [0.4, 0.5) is 0 Å². The van der Waals surface area contributed by atoms with Crippen molar-refractivity contribution in [3.63, 3.8) is 0 Å². The Hall–Kier alpha value is -1.53. The summed E-state index contributed by atoms with van der Waals surface area (Å²) in [6.07, 6.45) is 2.47. The monoisotopic (exact) mass is 396 g/mol. The molecule has 0 spiro atoms. The molecule has 25 heavy (non-hydrogen) atoms. The van der Waals surface area contributed by atoms with Crippen molar-refractivity contribution in [2.24, 2.45) is 0 Å². The molecule has 0 bridgehead atoms. The highest BCUT2D eigenvalue weighted by atomic mass is 35.5. The zero-order chi connectivity index (χ0) is 18.2. The van der Waals surface area contributed by atoms with Gasteiger partial charge >= 0.3 is 0 Å². The van der Waals surface area contributed by atoms with Gasteiger partial charge in [-0.05, 0) is 49.6 Å². The molecule has 1 unspecified atom stereocenters. The maximum Gasteiger partial charge on any atom is 0.242 e. The number of aromatic amines is 1. The second-order valence-corrected chi connectivity index (χ2v) is 8.61. The van der Waals surface area contributed by atoms with E-state index in [4.69, 9.17) is 23.2 Å². The van der Waals surface area contributed by atoms with Crippen molar-refractivity contribution in [2.45, 2.75) is 31.2 Å². The molecule has 7 heteroatoms. The number of benzene rings is 2. The Balaban J connectivity index is 1.82. The Morgan fingerprint density at radius 3 is 2.64 bits per heavy atom. The first-order valence-electron chi connectivity index (χ1n) is 7.81. The number of rotatable bonds is 5. The number of aryl methyl sites for hydroxylation is 1. The molecule has 132 valence electrons. The molecule has 0 aliphatic rings. The fourth-order valence-electron chi connectivity index (χ4n) is 2.84. The van der Waals surface area contributed by atoms with Gasteiger partial charge in [-0.3, -0.25) is 0 Å². The van der Waals surface area contributed by atoms with Crippen LogP contribution < -0.4 is 4.72 Å². The van der Waals surface area contributed by atoms with Crippen LogP contribution >= 0.6 is 23.2 Å². The first-order chi connectivity index (χ1) is 11.8. The van der Waals surface area contributed by atoms with Crippen molar-refractivity contribution < 1.29 is 8.42 Å². The van der Waals surface area contributed by atoms with Gasteiger partial charge in [0.05, 0.1) is 5.02 Å². The number of hydrogen-bond donors (Lipinski definition) is 2. The molecule has 3 aromatic rings. The lowest BCUT2D eigenvalue weighted by Gasteiger charge is -2.15. The molecule has 0 fully saturated rings. The molecule has 1 aromatic heterocycles. The first-order valence-corrected chi connectivity index (χ1v) is 10.0. The van der Waals surface area contributed by atoms with Crippen LogP contribution in [0, 0.1) is 6.92 Å². The van der Waals surface area contributed by atoms with Crippen molar-refractivity contribution in [3.8, 4) is 0 Å². The third-order valence-electron chi connectivity index (χ3n) is 4.06. The minimum absolute atomic E-state index is 0.0434. The molecule has 0 aliphatic heterocycles. The van der Waals surface area contributed by atoms with E-state index in [2.05, 4.69) is 9.71 Å². The van der Waals surface area contributed by atoms with Gasteiger partial charge in [-0.2, -0.15) is 0 Å². The molecule has 1 atom stereocenters.